The molecule has 138 valence electrons. The molecule has 1 fully saturated rings. The van der Waals surface area contributed by atoms with Crippen molar-refractivity contribution < 1.29 is 19.0 Å². The lowest BCUT2D eigenvalue weighted by atomic mass is 9.93. The van der Waals surface area contributed by atoms with Crippen LogP contribution >= 0.6 is 11.3 Å². The van der Waals surface area contributed by atoms with Gasteiger partial charge in [0.1, 0.15) is 5.75 Å². The van der Waals surface area contributed by atoms with Crippen molar-refractivity contribution in [1.82, 2.24) is 0 Å². The molecule has 1 heterocycles. The second kappa shape index (κ2) is 6.39. The summed E-state index contributed by atoms with van der Waals surface area (Å²) in [5.74, 6) is -0.120. The van der Waals surface area contributed by atoms with Crippen LogP contribution in [0.3, 0.4) is 0 Å². The SMILES string of the molecule is COc1cc(-c2sc(F)cc2N)ccc1-c1ccc(C2(C(=O)O)CC2)cc1. The number of methoxy groups -OCH3 is 1. The van der Waals surface area contributed by atoms with Crippen molar-refractivity contribution in [3.8, 4) is 27.3 Å². The number of ether oxygens (including phenoxy) is 1. The highest BCUT2D eigenvalue weighted by molar-refractivity contribution is 7.14. The van der Waals surface area contributed by atoms with Gasteiger partial charge in [0, 0.05) is 11.6 Å². The maximum atomic E-state index is 13.5. The van der Waals surface area contributed by atoms with Crippen LogP contribution in [0.5, 0.6) is 5.75 Å². The highest BCUT2D eigenvalue weighted by Gasteiger charge is 2.51. The second-order valence-electron chi connectivity index (χ2n) is 6.71. The van der Waals surface area contributed by atoms with Gasteiger partial charge in [0.2, 0.25) is 0 Å². The van der Waals surface area contributed by atoms with Gasteiger partial charge in [-0.3, -0.25) is 4.79 Å². The van der Waals surface area contributed by atoms with Gasteiger partial charge in [-0.05, 0) is 35.6 Å². The number of nitrogen functional groups attached to an aromatic ring is 1. The first kappa shape index (κ1) is 17.5. The van der Waals surface area contributed by atoms with E-state index in [0.717, 1.165) is 33.6 Å². The van der Waals surface area contributed by atoms with E-state index in [1.165, 1.54) is 6.07 Å². The Morgan fingerprint density at radius 2 is 1.81 bits per heavy atom. The van der Waals surface area contributed by atoms with Crippen LogP contribution in [0.1, 0.15) is 18.4 Å². The zero-order valence-corrected chi connectivity index (χ0v) is 15.5. The summed E-state index contributed by atoms with van der Waals surface area (Å²) in [6.07, 6.45) is 1.36. The van der Waals surface area contributed by atoms with E-state index < -0.39 is 11.4 Å². The van der Waals surface area contributed by atoms with Crippen LogP contribution in [0.15, 0.2) is 48.5 Å². The van der Waals surface area contributed by atoms with Crippen molar-refractivity contribution in [1.29, 1.82) is 0 Å². The van der Waals surface area contributed by atoms with E-state index in [4.69, 9.17) is 10.5 Å². The van der Waals surface area contributed by atoms with Gasteiger partial charge in [-0.15, -0.1) is 11.3 Å². The third kappa shape index (κ3) is 2.96. The summed E-state index contributed by atoms with van der Waals surface area (Å²) in [4.78, 5) is 12.2. The number of hydrogen-bond acceptors (Lipinski definition) is 4. The number of rotatable bonds is 5. The minimum Gasteiger partial charge on any atom is -0.496 e. The van der Waals surface area contributed by atoms with E-state index in [1.54, 1.807) is 7.11 Å². The Bertz CT molecular complexity index is 1020. The molecule has 1 aliphatic rings. The highest BCUT2D eigenvalue weighted by atomic mass is 32.1. The molecule has 1 aliphatic carbocycles. The van der Waals surface area contributed by atoms with Crippen molar-refractivity contribution in [3.63, 3.8) is 0 Å². The normalized spacial score (nSPS) is 14.7. The van der Waals surface area contributed by atoms with Crippen LogP contribution in [0.2, 0.25) is 0 Å². The molecule has 0 spiro atoms. The highest BCUT2D eigenvalue weighted by Crippen LogP contribution is 2.49. The molecule has 2 aromatic carbocycles. The average Bonchev–Trinajstić information content (AvgIpc) is 3.41. The Kier molecular flexibility index (Phi) is 4.15. The van der Waals surface area contributed by atoms with Crippen LogP contribution < -0.4 is 10.5 Å². The molecule has 0 atom stereocenters. The van der Waals surface area contributed by atoms with Crippen molar-refractivity contribution in [2.24, 2.45) is 0 Å². The van der Waals surface area contributed by atoms with E-state index in [0.29, 0.717) is 29.2 Å². The summed E-state index contributed by atoms with van der Waals surface area (Å²) in [6.45, 7) is 0. The van der Waals surface area contributed by atoms with Crippen molar-refractivity contribution >= 4 is 23.0 Å². The summed E-state index contributed by atoms with van der Waals surface area (Å²) < 4.78 is 19.0. The number of thiophene rings is 1. The number of carboxylic acids is 1. The third-order valence-corrected chi connectivity index (χ3v) is 6.09. The topological polar surface area (TPSA) is 72.5 Å². The molecule has 0 saturated heterocycles. The average molecular weight is 383 g/mol. The zero-order chi connectivity index (χ0) is 19.2. The van der Waals surface area contributed by atoms with Gasteiger partial charge in [-0.1, -0.05) is 36.4 Å². The Morgan fingerprint density at radius 1 is 1.15 bits per heavy atom. The van der Waals surface area contributed by atoms with Gasteiger partial charge in [0.05, 0.1) is 23.1 Å². The Morgan fingerprint density at radius 3 is 2.33 bits per heavy atom. The lowest BCUT2D eigenvalue weighted by molar-refractivity contribution is -0.140. The number of carboxylic acid groups (broad SMARTS) is 1. The van der Waals surface area contributed by atoms with Gasteiger partial charge in [-0.25, -0.2) is 0 Å². The number of aliphatic carboxylic acids is 1. The maximum Gasteiger partial charge on any atom is 0.314 e. The molecule has 4 rings (SSSR count). The fourth-order valence-electron chi connectivity index (χ4n) is 3.39. The Labute approximate surface area is 160 Å². The second-order valence-corrected chi connectivity index (χ2v) is 7.72. The van der Waals surface area contributed by atoms with E-state index in [-0.39, 0.29) is 5.13 Å². The van der Waals surface area contributed by atoms with Gasteiger partial charge >= 0.3 is 5.97 Å². The van der Waals surface area contributed by atoms with Crippen LogP contribution in [-0.2, 0) is 10.2 Å². The van der Waals surface area contributed by atoms with Crippen LogP contribution in [0.4, 0.5) is 10.1 Å². The van der Waals surface area contributed by atoms with Gasteiger partial charge in [0.25, 0.3) is 0 Å². The molecule has 0 amide bonds. The number of nitrogens with two attached hydrogens (primary N) is 1. The fraction of sp³-hybridized carbons (Fsp3) is 0.190. The van der Waals surface area contributed by atoms with Crippen LogP contribution in [0.25, 0.3) is 21.6 Å². The summed E-state index contributed by atoms with van der Waals surface area (Å²) in [7, 11) is 1.58. The predicted molar refractivity (Wildman–Crippen MR) is 105 cm³/mol. The van der Waals surface area contributed by atoms with E-state index in [1.807, 2.05) is 42.5 Å². The summed E-state index contributed by atoms with van der Waals surface area (Å²) >= 11 is 1.000. The first-order valence-electron chi connectivity index (χ1n) is 8.52. The molecular weight excluding hydrogens is 365 g/mol. The lowest BCUT2D eigenvalue weighted by Crippen LogP contribution is -2.19. The number of hydrogen-bond donors (Lipinski definition) is 2. The van der Waals surface area contributed by atoms with Crippen molar-refractivity contribution in [3.05, 3.63) is 59.2 Å². The van der Waals surface area contributed by atoms with E-state index in [2.05, 4.69) is 0 Å². The first-order valence-corrected chi connectivity index (χ1v) is 9.34. The summed E-state index contributed by atoms with van der Waals surface area (Å²) in [6, 6.07) is 14.5. The molecule has 3 N–H and O–H groups in total. The number of anilines is 1. The molecule has 1 saturated carbocycles. The number of carbonyl (C=O) groups is 1. The standard InChI is InChI=1S/C21H18FNO3S/c1-26-17-10-13(19-16(23)11-18(22)27-19)4-7-15(17)12-2-5-14(6-3-12)21(8-9-21)20(24)25/h2-7,10-11H,8-9,23H2,1H3,(H,24,25). The quantitative estimate of drug-likeness (QED) is 0.655. The molecule has 6 heteroatoms. The predicted octanol–water partition coefficient (Wildman–Crippen LogP) is 4.93. The molecule has 0 bridgehead atoms. The lowest BCUT2D eigenvalue weighted by Gasteiger charge is -2.13. The van der Waals surface area contributed by atoms with Gasteiger partial charge in [-0.2, -0.15) is 4.39 Å². The fourth-order valence-corrected chi connectivity index (χ4v) is 4.19. The molecule has 3 aromatic rings. The molecule has 27 heavy (non-hydrogen) atoms. The maximum absolute atomic E-state index is 13.5. The molecular formula is C21H18FNO3S. The van der Waals surface area contributed by atoms with E-state index >= 15 is 0 Å². The van der Waals surface area contributed by atoms with Crippen molar-refractivity contribution in [2.75, 3.05) is 12.8 Å². The van der Waals surface area contributed by atoms with Crippen LogP contribution in [0, 0.1) is 5.13 Å². The van der Waals surface area contributed by atoms with Crippen LogP contribution in [-0.4, -0.2) is 18.2 Å². The molecule has 4 nitrogen and oxygen atoms in total. The molecule has 0 unspecified atom stereocenters. The monoisotopic (exact) mass is 383 g/mol. The van der Waals surface area contributed by atoms with Gasteiger partial charge < -0.3 is 15.6 Å². The zero-order valence-electron chi connectivity index (χ0n) is 14.7. The van der Waals surface area contributed by atoms with Crippen molar-refractivity contribution in [2.45, 2.75) is 18.3 Å². The molecule has 0 radical (unpaired) electrons. The Balaban J connectivity index is 1.70. The largest absolute Gasteiger partial charge is 0.496 e. The minimum absolute atomic E-state index is 0.325. The first-order chi connectivity index (χ1) is 12.9. The third-order valence-electron chi connectivity index (χ3n) is 5.10. The smallest absolute Gasteiger partial charge is 0.314 e. The van der Waals surface area contributed by atoms with Gasteiger partial charge in [0.15, 0.2) is 5.13 Å². The summed E-state index contributed by atoms with van der Waals surface area (Å²) in [5.41, 5.74) is 9.00. The molecule has 1 aromatic heterocycles. The van der Waals surface area contributed by atoms with E-state index in [9.17, 15) is 14.3 Å². The Hall–Kier alpha value is -2.86. The summed E-state index contributed by atoms with van der Waals surface area (Å²) in [5, 5.41) is 9.11. The molecule has 0 aliphatic heterocycles. The minimum atomic E-state index is -0.766. The number of halogens is 1. The number of benzene rings is 2.